The van der Waals surface area contributed by atoms with Crippen LogP contribution in [0.15, 0.2) is 4.79 Å². The number of aryl methyl sites for hydroxylation is 2. The fraction of sp³-hybridized carbons (Fsp3) is 0.600. The number of aromatic nitrogens is 2. The van der Waals surface area contributed by atoms with Crippen molar-refractivity contribution in [1.29, 1.82) is 0 Å². The Morgan fingerprint density at radius 2 is 2.21 bits per heavy atom. The predicted octanol–water partition coefficient (Wildman–Crippen LogP) is 2.50. The zero-order chi connectivity index (χ0) is 20.3. The van der Waals surface area contributed by atoms with Gasteiger partial charge in [-0.15, -0.1) is 11.3 Å². The molecule has 1 aliphatic rings. The van der Waals surface area contributed by atoms with E-state index in [0.29, 0.717) is 23.7 Å². The Hall–Kier alpha value is -2.22. The lowest BCUT2D eigenvalue weighted by Crippen LogP contribution is -2.36. The number of ether oxygens (including phenoxy) is 1. The maximum atomic E-state index is 12.6. The summed E-state index contributed by atoms with van der Waals surface area (Å²) in [7, 11) is 0. The maximum Gasteiger partial charge on any atom is 0.307 e. The second-order valence-electron chi connectivity index (χ2n) is 7.47. The number of amides is 1. The Labute approximate surface area is 167 Å². The summed E-state index contributed by atoms with van der Waals surface area (Å²) in [6.07, 6.45) is 3.32. The Morgan fingerprint density at radius 3 is 2.96 bits per heavy atom. The van der Waals surface area contributed by atoms with Crippen molar-refractivity contribution in [2.75, 3.05) is 6.54 Å². The second-order valence-corrected chi connectivity index (χ2v) is 8.55. The van der Waals surface area contributed by atoms with Crippen LogP contribution in [0.1, 0.15) is 56.3 Å². The number of rotatable bonds is 7. The summed E-state index contributed by atoms with van der Waals surface area (Å²) in [6, 6.07) is 0. The lowest BCUT2D eigenvalue weighted by atomic mass is 9.89. The number of carbonyl (C=O) groups is 2. The highest BCUT2D eigenvalue weighted by atomic mass is 32.1. The van der Waals surface area contributed by atoms with Gasteiger partial charge in [-0.3, -0.25) is 14.4 Å². The predicted molar refractivity (Wildman–Crippen MR) is 109 cm³/mol. The molecule has 2 N–H and O–H groups in total. The summed E-state index contributed by atoms with van der Waals surface area (Å²) >= 11 is 1.59. The number of nitrogens with one attached hydrogen (secondary N) is 2. The molecule has 8 heteroatoms. The van der Waals surface area contributed by atoms with Crippen molar-refractivity contribution in [3.05, 3.63) is 26.6 Å². The Bertz CT molecular complexity index is 933. The van der Waals surface area contributed by atoms with Gasteiger partial charge in [0.15, 0.2) is 6.10 Å². The molecule has 1 amide bonds. The summed E-state index contributed by atoms with van der Waals surface area (Å²) < 4.78 is 5.16. The molecule has 2 atom stereocenters. The summed E-state index contributed by atoms with van der Waals surface area (Å²) in [4.78, 5) is 45.8. The molecule has 7 nitrogen and oxygen atoms in total. The third kappa shape index (κ3) is 4.60. The van der Waals surface area contributed by atoms with Crippen molar-refractivity contribution in [2.45, 2.75) is 65.4 Å². The van der Waals surface area contributed by atoms with E-state index in [2.05, 4.69) is 22.2 Å². The van der Waals surface area contributed by atoms with Gasteiger partial charge in [-0.05, 0) is 44.1 Å². The minimum absolute atomic E-state index is 0.0575. The summed E-state index contributed by atoms with van der Waals surface area (Å²) in [5.41, 5.74) is 1.01. The van der Waals surface area contributed by atoms with Crippen molar-refractivity contribution < 1.29 is 14.3 Å². The van der Waals surface area contributed by atoms with Crippen LogP contribution in [-0.4, -0.2) is 34.5 Å². The van der Waals surface area contributed by atoms with Crippen molar-refractivity contribution in [3.8, 4) is 0 Å². The summed E-state index contributed by atoms with van der Waals surface area (Å²) in [5, 5.41) is 3.40. The van der Waals surface area contributed by atoms with Gasteiger partial charge in [0.1, 0.15) is 10.7 Å². The van der Waals surface area contributed by atoms with Crippen LogP contribution in [0.3, 0.4) is 0 Å². The lowest BCUT2D eigenvalue weighted by Gasteiger charge is -2.17. The molecule has 28 heavy (non-hydrogen) atoms. The van der Waals surface area contributed by atoms with E-state index in [-0.39, 0.29) is 24.3 Å². The van der Waals surface area contributed by atoms with E-state index >= 15 is 0 Å². The zero-order valence-electron chi connectivity index (χ0n) is 16.6. The topological polar surface area (TPSA) is 101 Å². The van der Waals surface area contributed by atoms with E-state index in [4.69, 9.17) is 4.74 Å². The molecule has 0 unspecified atom stereocenters. The molecule has 0 saturated carbocycles. The van der Waals surface area contributed by atoms with Gasteiger partial charge in [0, 0.05) is 17.8 Å². The van der Waals surface area contributed by atoms with Gasteiger partial charge in [0.2, 0.25) is 0 Å². The smallest absolute Gasteiger partial charge is 0.307 e. The molecule has 0 bridgehead atoms. The van der Waals surface area contributed by atoms with Crippen molar-refractivity contribution >= 4 is 33.4 Å². The van der Waals surface area contributed by atoms with E-state index in [1.807, 2.05) is 6.92 Å². The number of esters is 1. The number of hydrogen-bond donors (Lipinski definition) is 2. The van der Waals surface area contributed by atoms with Crippen LogP contribution in [0.2, 0.25) is 0 Å². The van der Waals surface area contributed by atoms with Crippen LogP contribution in [0.5, 0.6) is 0 Å². The zero-order valence-corrected chi connectivity index (χ0v) is 17.4. The SMILES string of the molecule is CCCNC(=O)[C@H](C)OC(=O)CCc1nc2sc3c(c2c(=O)[nH]1)CC[C@H](C)C3. The van der Waals surface area contributed by atoms with E-state index in [1.165, 1.54) is 4.88 Å². The molecule has 0 spiro atoms. The molecule has 0 aliphatic heterocycles. The number of fused-ring (bicyclic) bond motifs is 3. The van der Waals surface area contributed by atoms with Crippen molar-refractivity contribution in [1.82, 2.24) is 15.3 Å². The summed E-state index contributed by atoms with van der Waals surface area (Å²) in [5.74, 6) is 0.317. The second kappa shape index (κ2) is 8.86. The number of nitrogens with zero attached hydrogens (tertiary/aromatic N) is 1. The molecule has 0 aromatic carbocycles. The van der Waals surface area contributed by atoms with Gasteiger partial charge >= 0.3 is 5.97 Å². The normalized spacial score (nSPS) is 17.2. The highest BCUT2D eigenvalue weighted by Gasteiger charge is 2.23. The first-order valence-electron chi connectivity index (χ1n) is 9.89. The third-order valence-electron chi connectivity index (χ3n) is 5.01. The monoisotopic (exact) mass is 405 g/mol. The molecule has 0 fully saturated rings. The number of carbonyl (C=O) groups excluding carboxylic acids is 2. The van der Waals surface area contributed by atoms with E-state index in [1.54, 1.807) is 18.3 Å². The number of aromatic amines is 1. The fourth-order valence-corrected chi connectivity index (χ4v) is 4.84. The van der Waals surface area contributed by atoms with Gasteiger partial charge in [0.05, 0.1) is 11.8 Å². The third-order valence-corrected chi connectivity index (χ3v) is 6.16. The van der Waals surface area contributed by atoms with Crippen LogP contribution in [0, 0.1) is 5.92 Å². The molecule has 0 radical (unpaired) electrons. The molecule has 2 aromatic heterocycles. The Morgan fingerprint density at radius 1 is 1.43 bits per heavy atom. The first kappa shape index (κ1) is 20.5. The molecule has 152 valence electrons. The minimum atomic E-state index is -0.834. The van der Waals surface area contributed by atoms with Crippen LogP contribution in [-0.2, 0) is 33.6 Å². The van der Waals surface area contributed by atoms with Gasteiger partial charge in [-0.25, -0.2) is 4.98 Å². The highest BCUT2D eigenvalue weighted by molar-refractivity contribution is 7.18. The average Bonchev–Trinajstić information content (AvgIpc) is 3.01. The number of thiophene rings is 1. The van der Waals surface area contributed by atoms with Crippen LogP contribution in [0.25, 0.3) is 10.2 Å². The van der Waals surface area contributed by atoms with Crippen LogP contribution in [0.4, 0.5) is 0 Å². The first-order valence-corrected chi connectivity index (χ1v) is 10.7. The maximum absolute atomic E-state index is 12.6. The average molecular weight is 406 g/mol. The van der Waals surface area contributed by atoms with E-state index < -0.39 is 12.1 Å². The first-order chi connectivity index (χ1) is 13.4. The molecule has 2 aromatic rings. The van der Waals surface area contributed by atoms with Gasteiger partial charge in [0.25, 0.3) is 11.5 Å². The quantitative estimate of drug-likeness (QED) is 0.689. The Kier molecular flexibility index (Phi) is 6.49. The van der Waals surface area contributed by atoms with Gasteiger partial charge in [-0.2, -0.15) is 0 Å². The van der Waals surface area contributed by atoms with Gasteiger partial charge < -0.3 is 15.0 Å². The molecule has 1 aliphatic carbocycles. The molecule has 3 rings (SSSR count). The summed E-state index contributed by atoms with van der Waals surface area (Å²) in [6.45, 7) is 6.28. The van der Waals surface area contributed by atoms with Crippen LogP contribution >= 0.6 is 11.3 Å². The largest absolute Gasteiger partial charge is 0.453 e. The molecule has 2 heterocycles. The highest BCUT2D eigenvalue weighted by Crippen LogP contribution is 2.35. The molecule has 0 saturated heterocycles. The van der Waals surface area contributed by atoms with E-state index in [0.717, 1.165) is 36.1 Å². The lowest BCUT2D eigenvalue weighted by molar-refractivity contribution is -0.154. The number of hydrogen-bond acceptors (Lipinski definition) is 6. The van der Waals surface area contributed by atoms with Crippen LogP contribution < -0.4 is 10.9 Å². The molecular weight excluding hydrogens is 378 g/mol. The standard InChI is InChI=1S/C20H27N3O4S/c1-4-9-21-18(25)12(3)27-16(24)8-7-15-22-19(26)17-13-6-5-11(2)10-14(13)28-20(17)23-15/h11-12H,4-10H2,1-3H3,(H,21,25)(H,22,23,26)/t11-,12-/m0/s1. The van der Waals surface area contributed by atoms with E-state index in [9.17, 15) is 14.4 Å². The van der Waals surface area contributed by atoms with Crippen molar-refractivity contribution in [2.24, 2.45) is 5.92 Å². The Balaban J connectivity index is 1.64. The number of H-pyrrole nitrogens is 1. The molecular formula is C20H27N3O4S. The van der Waals surface area contributed by atoms with Gasteiger partial charge in [-0.1, -0.05) is 13.8 Å². The fourth-order valence-electron chi connectivity index (χ4n) is 3.43. The minimum Gasteiger partial charge on any atom is -0.453 e. The van der Waals surface area contributed by atoms with Crippen molar-refractivity contribution in [3.63, 3.8) is 0 Å².